The number of nitrogens with one attached hydrogen (secondary N) is 1. The molecule has 72 valence electrons. The molecule has 0 spiro atoms. The van der Waals surface area contributed by atoms with E-state index in [4.69, 9.17) is 0 Å². The van der Waals surface area contributed by atoms with Crippen molar-refractivity contribution >= 4 is 5.69 Å². The molecule has 1 heteroatoms. The standard InChI is InChI=1S/C12H19N/c1-4-6-11-8-7-10(5-2)9-12(11)13-3/h7-9,13H,4-6H2,1-3H3. The molecule has 0 aliphatic rings. The first-order chi connectivity index (χ1) is 6.31. The topological polar surface area (TPSA) is 12.0 Å². The third kappa shape index (κ3) is 2.48. The Morgan fingerprint density at radius 3 is 2.54 bits per heavy atom. The zero-order chi connectivity index (χ0) is 9.68. The van der Waals surface area contributed by atoms with Crippen LogP contribution in [0.15, 0.2) is 18.2 Å². The van der Waals surface area contributed by atoms with Crippen LogP contribution in [0.5, 0.6) is 0 Å². The SMILES string of the molecule is CCCc1ccc(CC)cc1NC. The first-order valence-electron chi connectivity index (χ1n) is 5.11. The maximum Gasteiger partial charge on any atom is 0.0372 e. The molecule has 0 amide bonds. The Morgan fingerprint density at radius 1 is 1.23 bits per heavy atom. The third-order valence-corrected chi connectivity index (χ3v) is 2.37. The van der Waals surface area contributed by atoms with Gasteiger partial charge in [0.05, 0.1) is 0 Å². The summed E-state index contributed by atoms with van der Waals surface area (Å²) in [6, 6.07) is 6.73. The summed E-state index contributed by atoms with van der Waals surface area (Å²) < 4.78 is 0. The van der Waals surface area contributed by atoms with Gasteiger partial charge in [-0.05, 0) is 30.0 Å². The van der Waals surface area contributed by atoms with E-state index in [1.165, 1.54) is 29.7 Å². The second-order valence-corrected chi connectivity index (χ2v) is 3.35. The molecule has 1 rings (SSSR count). The first kappa shape index (κ1) is 10.1. The van der Waals surface area contributed by atoms with E-state index in [-0.39, 0.29) is 0 Å². The van der Waals surface area contributed by atoms with Gasteiger partial charge in [-0.2, -0.15) is 0 Å². The lowest BCUT2D eigenvalue weighted by atomic mass is 10.0. The summed E-state index contributed by atoms with van der Waals surface area (Å²) in [6.07, 6.45) is 3.49. The number of rotatable bonds is 4. The van der Waals surface area contributed by atoms with Crippen LogP contribution in [0, 0.1) is 0 Å². The second-order valence-electron chi connectivity index (χ2n) is 3.35. The zero-order valence-electron chi connectivity index (χ0n) is 8.85. The molecule has 1 aromatic rings. The van der Waals surface area contributed by atoms with Crippen molar-refractivity contribution in [2.45, 2.75) is 33.1 Å². The minimum atomic E-state index is 1.11. The number of benzene rings is 1. The van der Waals surface area contributed by atoms with E-state index >= 15 is 0 Å². The predicted molar refractivity (Wildman–Crippen MR) is 59.4 cm³/mol. The largest absolute Gasteiger partial charge is 0.388 e. The Hall–Kier alpha value is -0.980. The lowest BCUT2D eigenvalue weighted by Crippen LogP contribution is -1.96. The van der Waals surface area contributed by atoms with Gasteiger partial charge in [0, 0.05) is 12.7 Å². The zero-order valence-corrected chi connectivity index (χ0v) is 8.85. The Bertz CT molecular complexity index is 266. The van der Waals surface area contributed by atoms with Crippen molar-refractivity contribution in [1.29, 1.82) is 0 Å². The van der Waals surface area contributed by atoms with Crippen molar-refractivity contribution in [3.8, 4) is 0 Å². The van der Waals surface area contributed by atoms with Crippen LogP contribution in [-0.2, 0) is 12.8 Å². The fraction of sp³-hybridized carbons (Fsp3) is 0.500. The Morgan fingerprint density at radius 2 is 2.00 bits per heavy atom. The highest BCUT2D eigenvalue weighted by Crippen LogP contribution is 2.19. The molecular weight excluding hydrogens is 158 g/mol. The van der Waals surface area contributed by atoms with Crippen molar-refractivity contribution < 1.29 is 0 Å². The molecule has 0 saturated carbocycles. The van der Waals surface area contributed by atoms with Crippen molar-refractivity contribution in [3.05, 3.63) is 29.3 Å². The molecule has 0 atom stereocenters. The van der Waals surface area contributed by atoms with Gasteiger partial charge in [0.15, 0.2) is 0 Å². The molecule has 0 fully saturated rings. The minimum Gasteiger partial charge on any atom is -0.388 e. The first-order valence-corrected chi connectivity index (χ1v) is 5.11. The number of hydrogen-bond acceptors (Lipinski definition) is 1. The number of hydrogen-bond donors (Lipinski definition) is 1. The van der Waals surface area contributed by atoms with Crippen LogP contribution in [0.1, 0.15) is 31.4 Å². The quantitative estimate of drug-likeness (QED) is 0.744. The average Bonchev–Trinajstić information content (AvgIpc) is 2.19. The van der Waals surface area contributed by atoms with Gasteiger partial charge in [-0.15, -0.1) is 0 Å². The number of aryl methyl sites for hydroxylation is 2. The van der Waals surface area contributed by atoms with Crippen molar-refractivity contribution in [2.24, 2.45) is 0 Å². The maximum absolute atomic E-state index is 3.26. The molecule has 0 saturated heterocycles. The van der Waals surface area contributed by atoms with Gasteiger partial charge in [-0.1, -0.05) is 32.4 Å². The molecule has 1 N–H and O–H groups in total. The average molecular weight is 177 g/mol. The summed E-state index contributed by atoms with van der Waals surface area (Å²) >= 11 is 0. The van der Waals surface area contributed by atoms with E-state index in [1.54, 1.807) is 0 Å². The highest BCUT2D eigenvalue weighted by atomic mass is 14.8. The van der Waals surface area contributed by atoms with Crippen LogP contribution in [0.4, 0.5) is 5.69 Å². The van der Waals surface area contributed by atoms with Crippen LogP contribution < -0.4 is 5.32 Å². The van der Waals surface area contributed by atoms with Gasteiger partial charge in [0.2, 0.25) is 0 Å². The lowest BCUT2D eigenvalue weighted by Gasteiger charge is -2.09. The second kappa shape index (κ2) is 4.90. The van der Waals surface area contributed by atoms with Gasteiger partial charge in [-0.25, -0.2) is 0 Å². The molecule has 0 aromatic heterocycles. The summed E-state index contributed by atoms with van der Waals surface area (Å²) in [5.41, 5.74) is 4.13. The lowest BCUT2D eigenvalue weighted by molar-refractivity contribution is 0.921. The number of anilines is 1. The predicted octanol–water partition coefficient (Wildman–Crippen LogP) is 3.24. The van der Waals surface area contributed by atoms with E-state index in [9.17, 15) is 0 Å². The monoisotopic (exact) mass is 177 g/mol. The van der Waals surface area contributed by atoms with Crippen LogP contribution >= 0.6 is 0 Å². The van der Waals surface area contributed by atoms with Gasteiger partial charge >= 0.3 is 0 Å². The molecule has 1 nitrogen and oxygen atoms in total. The van der Waals surface area contributed by atoms with Crippen molar-refractivity contribution in [1.82, 2.24) is 0 Å². The van der Waals surface area contributed by atoms with Crippen LogP contribution in [-0.4, -0.2) is 7.05 Å². The molecule has 0 aliphatic heterocycles. The Kier molecular flexibility index (Phi) is 3.81. The van der Waals surface area contributed by atoms with Gasteiger partial charge in [0.1, 0.15) is 0 Å². The summed E-state index contributed by atoms with van der Waals surface area (Å²) in [4.78, 5) is 0. The summed E-state index contributed by atoms with van der Waals surface area (Å²) in [7, 11) is 1.99. The smallest absolute Gasteiger partial charge is 0.0372 e. The Labute approximate surface area is 81.2 Å². The maximum atomic E-state index is 3.26. The van der Waals surface area contributed by atoms with Crippen molar-refractivity contribution in [2.75, 3.05) is 12.4 Å². The van der Waals surface area contributed by atoms with E-state index < -0.39 is 0 Å². The fourth-order valence-electron chi connectivity index (χ4n) is 1.56. The van der Waals surface area contributed by atoms with Crippen LogP contribution in [0.2, 0.25) is 0 Å². The normalized spacial score (nSPS) is 10.1. The molecule has 0 unspecified atom stereocenters. The third-order valence-electron chi connectivity index (χ3n) is 2.37. The molecule has 13 heavy (non-hydrogen) atoms. The molecule has 1 aromatic carbocycles. The molecular formula is C12H19N. The molecule has 0 bridgehead atoms. The van der Waals surface area contributed by atoms with Gasteiger partial charge < -0.3 is 5.32 Å². The van der Waals surface area contributed by atoms with E-state index in [1.807, 2.05) is 7.05 Å². The van der Waals surface area contributed by atoms with Crippen LogP contribution in [0.25, 0.3) is 0 Å². The van der Waals surface area contributed by atoms with Gasteiger partial charge in [-0.3, -0.25) is 0 Å². The van der Waals surface area contributed by atoms with E-state index in [0.29, 0.717) is 0 Å². The molecule has 0 heterocycles. The van der Waals surface area contributed by atoms with Crippen LogP contribution in [0.3, 0.4) is 0 Å². The highest BCUT2D eigenvalue weighted by molar-refractivity contribution is 5.53. The van der Waals surface area contributed by atoms with Crippen molar-refractivity contribution in [3.63, 3.8) is 0 Å². The van der Waals surface area contributed by atoms with E-state index in [0.717, 1.165) is 6.42 Å². The summed E-state index contributed by atoms with van der Waals surface area (Å²) in [6.45, 7) is 4.40. The highest BCUT2D eigenvalue weighted by Gasteiger charge is 2.00. The van der Waals surface area contributed by atoms with Gasteiger partial charge in [0.25, 0.3) is 0 Å². The minimum absolute atomic E-state index is 1.11. The Balaban J connectivity index is 2.93. The summed E-state index contributed by atoms with van der Waals surface area (Å²) in [5, 5.41) is 3.26. The summed E-state index contributed by atoms with van der Waals surface area (Å²) in [5.74, 6) is 0. The fourth-order valence-corrected chi connectivity index (χ4v) is 1.56. The molecule has 0 aliphatic carbocycles. The van der Waals surface area contributed by atoms with E-state index in [2.05, 4.69) is 37.4 Å². The molecule has 0 radical (unpaired) electrons.